The van der Waals surface area contributed by atoms with E-state index in [0.717, 1.165) is 25.1 Å². The highest BCUT2D eigenvalue weighted by Crippen LogP contribution is 2.11. The van der Waals surface area contributed by atoms with Crippen molar-refractivity contribution in [2.24, 2.45) is 0 Å². The van der Waals surface area contributed by atoms with E-state index in [9.17, 15) is 4.79 Å². The Hall–Kier alpha value is -1.19. The Balaban J connectivity index is 1.93. The fourth-order valence-corrected chi connectivity index (χ4v) is 2.00. The quantitative estimate of drug-likeness (QED) is 0.806. The van der Waals surface area contributed by atoms with E-state index in [1.807, 2.05) is 24.3 Å². The van der Waals surface area contributed by atoms with Crippen LogP contribution >= 0.6 is 0 Å². The average molecular weight is 233 g/mol. The zero-order valence-electron chi connectivity index (χ0n) is 10.2. The van der Waals surface area contributed by atoms with Gasteiger partial charge in [0.15, 0.2) is 5.78 Å². The Morgan fingerprint density at radius 3 is 2.76 bits per heavy atom. The van der Waals surface area contributed by atoms with Crippen molar-refractivity contribution < 1.29 is 9.53 Å². The summed E-state index contributed by atoms with van der Waals surface area (Å²) in [6, 6.07) is 7.87. The molecule has 1 heterocycles. The molecule has 17 heavy (non-hydrogen) atoms. The van der Waals surface area contributed by atoms with Gasteiger partial charge in [-0.25, -0.2) is 0 Å². The average Bonchev–Trinajstić information content (AvgIpc) is 2.40. The van der Waals surface area contributed by atoms with Crippen molar-refractivity contribution >= 4 is 5.78 Å². The van der Waals surface area contributed by atoms with Gasteiger partial charge in [0.2, 0.25) is 0 Å². The van der Waals surface area contributed by atoms with Crippen molar-refractivity contribution in [2.75, 3.05) is 19.7 Å². The summed E-state index contributed by atoms with van der Waals surface area (Å²) in [7, 11) is 0. The predicted octanol–water partition coefficient (Wildman–Crippen LogP) is 1.81. The molecule has 1 fully saturated rings. The maximum Gasteiger partial charge on any atom is 0.165 e. The fraction of sp³-hybridized carbons (Fsp3) is 0.500. The van der Waals surface area contributed by atoms with Crippen LogP contribution in [0.3, 0.4) is 0 Å². The van der Waals surface area contributed by atoms with Crippen LogP contribution in [-0.4, -0.2) is 31.6 Å². The van der Waals surface area contributed by atoms with Gasteiger partial charge in [-0.15, -0.1) is 0 Å². The molecule has 92 valence electrons. The summed E-state index contributed by atoms with van der Waals surface area (Å²) in [5, 5.41) is 3.23. The third kappa shape index (κ3) is 3.38. The van der Waals surface area contributed by atoms with Gasteiger partial charge in [-0.3, -0.25) is 4.79 Å². The molecule has 1 aromatic rings. The van der Waals surface area contributed by atoms with Gasteiger partial charge in [0, 0.05) is 25.1 Å². The van der Waals surface area contributed by atoms with Gasteiger partial charge in [0.1, 0.15) is 0 Å². The van der Waals surface area contributed by atoms with E-state index in [2.05, 4.69) is 12.2 Å². The maximum absolute atomic E-state index is 12.0. The molecule has 1 atom stereocenters. The van der Waals surface area contributed by atoms with Crippen LogP contribution in [0.2, 0.25) is 0 Å². The van der Waals surface area contributed by atoms with E-state index in [1.54, 1.807) is 0 Å². The zero-order valence-corrected chi connectivity index (χ0v) is 10.2. The molecule has 0 aliphatic carbocycles. The predicted molar refractivity (Wildman–Crippen MR) is 67.4 cm³/mol. The number of hydrogen-bond acceptors (Lipinski definition) is 3. The number of benzene rings is 1. The summed E-state index contributed by atoms with van der Waals surface area (Å²) in [6.45, 7) is 4.47. The minimum absolute atomic E-state index is 0.0297. The smallest absolute Gasteiger partial charge is 0.165 e. The lowest BCUT2D eigenvalue weighted by molar-refractivity contribution is 0.0240. The molecule has 2 rings (SSSR count). The van der Waals surface area contributed by atoms with Gasteiger partial charge in [-0.1, -0.05) is 31.2 Å². The molecule has 0 bridgehead atoms. The normalized spacial score (nSPS) is 20.2. The molecule has 1 N–H and O–H groups in total. The SMILES string of the molecule is CCc1ccc(C(=O)CC2CNCCO2)cc1. The van der Waals surface area contributed by atoms with Crippen LogP contribution in [0.15, 0.2) is 24.3 Å². The molecular weight excluding hydrogens is 214 g/mol. The van der Waals surface area contributed by atoms with Crippen LogP contribution in [0.4, 0.5) is 0 Å². The second-order valence-corrected chi connectivity index (χ2v) is 4.37. The van der Waals surface area contributed by atoms with Crippen LogP contribution in [0.5, 0.6) is 0 Å². The largest absolute Gasteiger partial charge is 0.375 e. The first-order chi connectivity index (χ1) is 8.29. The Morgan fingerprint density at radius 1 is 1.41 bits per heavy atom. The zero-order chi connectivity index (χ0) is 12.1. The maximum atomic E-state index is 12.0. The second-order valence-electron chi connectivity index (χ2n) is 4.37. The molecule has 3 nitrogen and oxygen atoms in total. The lowest BCUT2D eigenvalue weighted by Crippen LogP contribution is -2.39. The van der Waals surface area contributed by atoms with Gasteiger partial charge < -0.3 is 10.1 Å². The standard InChI is InChI=1S/C14H19NO2/c1-2-11-3-5-12(6-4-11)14(16)9-13-10-15-7-8-17-13/h3-6,13,15H,2,7-10H2,1H3. The number of rotatable bonds is 4. The van der Waals surface area contributed by atoms with E-state index >= 15 is 0 Å². The number of Topliss-reactive ketones (excluding diaryl/α,β-unsaturated/α-hetero) is 1. The monoisotopic (exact) mass is 233 g/mol. The first-order valence-electron chi connectivity index (χ1n) is 6.24. The molecule has 0 aromatic heterocycles. The van der Waals surface area contributed by atoms with Crippen molar-refractivity contribution in [3.63, 3.8) is 0 Å². The highest BCUT2D eigenvalue weighted by atomic mass is 16.5. The van der Waals surface area contributed by atoms with Crippen LogP contribution in [-0.2, 0) is 11.2 Å². The second kappa shape index (κ2) is 5.94. The Morgan fingerprint density at radius 2 is 2.18 bits per heavy atom. The molecule has 1 aliphatic rings. The third-order valence-corrected chi connectivity index (χ3v) is 3.10. The molecule has 1 saturated heterocycles. The molecule has 0 amide bonds. The van der Waals surface area contributed by atoms with Crippen molar-refractivity contribution in [3.8, 4) is 0 Å². The number of carbonyl (C=O) groups is 1. The number of carbonyl (C=O) groups excluding carboxylic acids is 1. The highest BCUT2D eigenvalue weighted by molar-refractivity contribution is 5.96. The van der Waals surface area contributed by atoms with Crippen molar-refractivity contribution in [1.29, 1.82) is 0 Å². The Kier molecular flexibility index (Phi) is 4.29. The minimum atomic E-state index is 0.0297. The number of aryl methyl sites for hydroxylation is 1. The highest BCUT2D eigenvalue weighted by Gasteiger charge is 2.18. The van der Waals surface area contributed by atoms with Crippen LogP contribution in [0.1, 0.15) is 29.3 Å². The molecule has 1 unspecified atom stereocenters. The molecule has 0 spiro atoms. The van der Waals surface area contributed by atoms with Gasteiger partial charge >= 0.3 is 0 Å². The number of ketones is 1. The van der Waals surface area contributed by atoms with Crippen molar-refractivity contribution in [3.05, 3.63) is 35.4 Å². The van der Waals surface area contributed by atoms with Gasteiger partial charge in [0.25, 0.3) is 0 Å². The van der Waals surface area contributed by atoms with Crippen molar-refractivity contribution in [2.45, 2.75) is 25.9 Å². The minimum Gasteiger partial charge on any atom is -0.375 e. The van der Waals surface area contributed by atoms with Gasteiger partial charge in [-0.05, 0) is 12.0 Å². The van der Waals surface area contributed by atoms with Crippen LogP contribution in [0.25, 0.3) is 0 Å². The third-order valence-electron chi connectivity index (χ3n) is 3.10. The number of morpholine rings is 1. The topological polar surface area (TPSA) is 38.3 Å². The lowest BCUT2D eigenvalue weighted by Gasteiger charge is -2.22. The fourth-order valence-electron chi connectivity index (χ4n) is 2.00. The lowest BCUT2D eigenvalue weighted by atomic mass is 10.0. The summed E-state index contributed by atoms with van der Waals surface area (Å²) in [6.07, 6.45) is 1.50. The number of nitrogens with one attached hydrogen (secondary N) is 1. The number of hydrogen-bond donors (Lipinski definition) is 1. The molecule has 1 aliphatic heterocycles. The van der Waals surface area contributed by atoms with E-state index < -0.39 is 0 Å². The molecule has 0 saturated carbocycles. The Bertz CT molecular complexity index is 366. The van der Waals surface area contributed by atoms with E-state index in [4.69, 9.17) is 4.74 Å². The van der Waals surface area contributed by atoms with Gasteiger partial charge in [0.05, 0.1) is 12.7 Å². The van der Waals surface area contributed by atoms with E-state index in [1.165, 1.54) is 5.56 Å². The first kappa shape index (κ1) is 12.3. The molecule has 3 heteroatoms. The molecule has 0 radical (unpaired) electrons. The van der Waals surface area contributed by atoms with Crippen LogP contribution in [0, 0.1) is 0 Å². The Labute approximate surface area is 102 Å². The van der Waals surface area contributed by atoms with Crippen molar-refractivity contribution in [1.82, 2.24) is 5.32 Å². The summed E-state index contributed by atoms with van der Waals surface area (Å²) < 4.78 is 5.53. The van der Waals surface area contributed by atoms with Crippen LogP contribution < -0.4 is 5.32 Å². The summed E-state index contributed by atoms with van der Waals surface area (Å²) in [4.78, 5) is 12.0. The summed E-state index contributed by atoms with van der Waals surface area (Å²) in [5.74, 6) is 0.168. The van der Waals surface area contributed by atoms with E-state index in [0.29, 0.717) is 13.0 Å². The van der Waals surface area contributed by atoms with Gasteiger partial charge in [-0.2, -0.15) is 0 Å². The summed E-state index contributed by atoms with van der Waals surface area (Å²) in [5.41, 5.74) is 2.05. The molecule has 1 aromatic carbocycles. The number of ether oxygens (including phenoxy) is 1. The first-order valence-corrected chi connectivity index (χ1v) is 6.24. The summed E-state index contributed by atoms with van der Waals surface area (Å²) >= 11 is 0. The molecular formula is C14H19NO2. The van der Waals surface area contributed by atoms with E-state index in [-0.39, 0.29) is 11.9 Å².